The highest BCUT2D eigenvalue weighted by molar-refractivity contribution is 5.74. The van der Waals surface area contributed by atoms with Crippen molar-refractivity contribution in [3.05, 3.63) is 29.8 Å². The first-order valence-corrected chi connectivity index (χ1v) is 4.92. The fourth-order valence-corrected chi connectivity index (χ4v) is 1.06. The molecule has 1 atom stereocenters. The van der Waals surface area contributed by atoms with Gasteiger partial charge in [0.25, 0.3) is 0 Å². The van der Waals surface area contributed by atoms with Gasteiger partial charge in [0, 0.05) is 0 Å². The van der Waals surface area contributed by atoms with Gasteiger partial charge in [-0.25, -0.2) is 0 Å². The Kier molecular flexibility index (Phi) is 3.69. The van der Waals surface area contributed by atoms with Crippen molar-refractivity contribution in [1.29, 1.82) is 0 Å². The lowest BCUT2D eigenvalue weighted by Gasteiger charge is -2.08. The zero-order chi connectivity index (χ0) is 10.6. The van der Waals surface area contributed by atoms with Crippen LogP contribution in [-0.4, -0.2) is 5.97 Å². The third-order valence-corrected chi connectivity index (χ3v) is 2.22. The van der Waals surface area contributed by atoms with Crippen molar-refractivity contribution in [2.75, 3.05) is 0 Å². The standard InChI is InChI=1S/C12H16O2/c1-4-10(3)12(13)14-11-7-5-6-9(2)8-11/h5-8,10H,4H2,1-3H3. The molecular weight excluding hydrogens is 176 g/mol. The lowest BCUT2D eigenvalue weighted by Crippen LogP contribution is -2.16. The molecule has 0 saturated carbocycles. The number of esters is 1. The molecule has 0 aliphatic heterocycles. The van der Waals surface area contributed by atoms with Gasteiger partial charge in [0.2, 0.25) is 0 Å². The first kappa shape index (κ1) is 10.8. The summed E-state index contributed by atoms with van der Waals surface area (Å²) in [4.78, 5) is 11.4. The third kappa shape index (κ3) is 2.87. The van der Waals surface area contributed by atoms with Gasteiger partial charge in [-0.15, -0.1) is 0 Å². The van der Waals surface area contributed by atoms with Crippen LogP contribution in [0, 0.1) is 12.8 Å². The largest absolute Gasteiger partial charge is 0.426 e. The van der Waals surface area contributed by atoms with Gasteiger partial charge in [-0.3, -0.25) is 4.79 Å². The highest BCUT2D eigenvalue weighted by atomic mass is 16.5. The summed E-state index contributed by atoms with van der Waals surface area (Å²) in [5.74, 6) is 0.448. The summed E-state index contributed by atoms with van der Waals surface area (Å²) < 4.78 is 5.21. The average molecular weight is 192 g/mol. The summed E-state index contributed by atoms with van der Waals surface area (Å²) >= 11 is 0. The van der Waals surface area contributed by atoms with Gasteiger partial charge in [-0.2, -0.15) is 0 Å². The van der Waals surface area contributed by atoms with Crippen LogP contribution in [0.2, 0.25) is 0 Å². The van der Waals surface area contributed by atoms with Crippen LogP contribution in [0.3, 0.4) is 0 Å². The van der Waals surface area contributed by atoms with Crippen molar-refractivity contribution in [2.24, 2.45) is 5.92 Å². The Morgan fingerprint density at radius 3 is 2.79 bits per heavy atom. The molecule has 1 rings (SSSR count). The molecule has 0 aliphatic rings. The number of benzene rings is 1. The smallest absolute Gasteiger partial charge is 0.314 e. The molecule has 0 spiro atoms. The van der Waals surface area contributed by atoms with Crippen LogP contribution in [0.1, 0.15) is 25.8 Å². The van der Waals surface area contributed by atoms with Gasteiger partial charge in [-0.1, -0.05) is 26.0 Å². The van der Waals surface area contributed by atoms with Gasteiger partial charge in [-0.05, 0) is 31.0 Å². The SMILES string of the molecule is CCC(C)C(=O)Oc1cccc(C)c1. The Morgan fingerprint density at radius 1 is 1.50 bits per heavy atom. The number of hydrogen-bond acceptors (Lipinski definition) is 2. The first-order valence-electron chi connectivity index (χ1n) is 4.92. The average Bonchev–Trinajstić information content (AvgIpc) is 2.16. The predicted molar refractivity (Wildman–Crippen MR) is 56.3 cm³/mol. The highest BCUT2D eigenvalue weighted by Gasteiger charge is 2.12. The summed E-state index contributed by atoms with van der Waals surface area (Å²) in [6, 6.07) is 7.52. The summed E-state index contributed by atoms with van der Waals surface area (Å²) in [5, 5.41) is 0. The van der Waals surface area contributed by atoms with Crippen molar-refractivity contribution >= 4 is 5.97 Å². The lowest BCUT2D eigenvalue weighted by molar-refractivity contribution is -0.138. The quantitative estimate of drug-likeness (QED) is 0.543. The maximum Gasteiger partial charge on any atom is 0.314 e. The highest BCUT2D eigenvalue weighted by Crippen LogP contribution is 2.14. The van der Waals surface area contributed by atoms with Gasteiger partial charge >= 0.3 is 5.97 Å². The number of rotatable bonds is 3. The minimum atomic E-state index is -0.155. The Hall–Kier alpha value is -1.31. The number of aryl methyl sites for hydroxylation is 1. The molecule has 0 saturated heterocycles. The van der Waals surface area contributed by atoms with E-state index < -0.39 is 0 Å². The molecular formula is C12H16O2. The monoisotopic (exact) mass is 192 g/mol. The van der Waals surface area contributed by atoms with E-state index in [9.17, 15) is 4.79 Å². The molecule has 14 heavy (non-hydrogen) atoms. The second-order valence-electron chi connectivity index (χ2n) is 3.55. The van der Waals surface area contributed by atoms with E-state index in [0.717, 1.165) is 12.0 Å². The van der Waals surface area contributed by atoms with E-state index >= 15 is 0 Å². The molecule has 1 aromatic carbocycles. The molecule has 76 valence electrons. The second kappa shape index (κ2) is 4.80. The number of carbonyl (C=O) groups excluding carboxylic acids is 1. The summed E-state index contributed by atoms with van der Waals surface area (Å²) in [6.45, 7) is 5.82. The van der Waals surface area contributed by atoms with Crippen molar-refractivity contribution in [3.8, 4) is 5.75 Å². The fraction of sp³-hybridized carbons (Fsp3) is 0.417. The second-order valence-corrected chi connectivity index (χ2v) is 3.55. The molecule has 0 amide bonds. The Bertz CT molecular complexity index is 318. The maximum atomic E-state index is 11.4. The zero-order valence-corrected chi connectivity index (χ0v) is 8.91. The van der Waals surface area contributed by atoms with E-state index in [1.54, 1.807) is 6.07 Å². The van der Waals surface area contributed by atoms with Crippen LogP contribution in [0.5, 0.6) is 5.75 Å². The number of carbonyl (C=O) groups is 1. The molecule has 2 nitrogen and oxygen atoms in total. The summed E-state index contributed by atoms with van der Waals surface area (Å²) in [7, 11) is 0. The van der Waals surface area contributed by atoms with Gasteiger partial charge in [0.05, 0.1) is 5.92 Å². The molecule has 2 heteroatoms. The van der Waals surface area contributed by atoms with E-state index in [0.29, 0.717) is 5.75 Å². The van der Waals surface area contributed by atoms with E-state index in [-0.39, 0.29) is 11.9 Å². The van der Waals surface area contributed by atoms with Crippen LogP contribution in [0.4, 0.5) is 0 Å². The topological polar surface area (TPSA) is 26.3 Å². The minimum Gasteiger partial charge on any atom is -0.426 e. The van der Waals surface area contributed by atoms with Crippen molar-refractivity contribution in [2.45, 2.75) is 27.2 Å². The van der Waals surface area contributed by atoms with Crippen molar-refractivity contribution < 1.29 is 9.53 Å². The summed E-state index contributed by atoms with van der Waals surface area (Å²) in [5.41, 5.74) is 1.10. The van der Waals surface area contributed by atoms with Crippen LogP contribution >= 0.6 is 0 Å². The molecule has 0 aliphatic carbocycles. The van der Waals surface area contributed by atoms with Crippen molar-refractivity contribution in [3.63, 3.8) is 0 Å². The minimum absolute atomic E-state index is 0.0319. The van der Waals surface area contributed by atoms with E-state index in [1.807, 2.05) is 39.0 Å². The normalized spacial score (nSPS) is 12.2. The van der Waals surface area contributed by atoms with E-state index in [4.69, 9.17) is 4.74 Å². The Labute approximate surface area is 84.9 Å². The summed E-state index contributed by atoms with van der Waals surface area (Å²) in [6.07, 6.45) is 0.810. The third-order valence-electron chi connectivity index (χ3n) is 2.22. The molecule has 0 radical (unpaired) electrons. The Balaban J connectivity index is 2.65. The molecule has 1 unspecified atom stereocenters. The van der Waals surface area contributed by atoms with Gasteiger partial charge in [0.15, 0.2) is 0 Å². The van der Waals surface area contributed by atoms with Crippen LogP contribution in [0.25, 0.3) is 0 Å². The molecule has 0 heterocycles. The number of hydrogen-bond donors (Lipinski definition) is 0. The van der Waals surface area contributed by atoms with Crippen LogP contribution in [0.15, 0.2) is 24.3 Å². The Morgan fingerprint density at radius 2 is 2.21 bits per heavy atom. The molecule has 0 N–H and O–H groups in total. The molecule has 1 aromatic rings. The first-order chi connectivity index (χ1) is 6.63. The molecule has 0 aromatic heterocycles. The molecule has 0 fully saturated rings. The lowest BCUT2D eigenvalue weighted by atomic mass is 10.1. The van der Waals surface area contributed by atoms with E-state index in [2.05, 4.69) is 0 Å². The predicted octanol–water partition coefficient (Wildman–Crippen LogP) is 2.95. The van der Waals surface area contributed by atoms with Gasteiger partial charge in [0.1, 0.15) is 5.75 Å². The fourth-order valence-electron chi connectivity index (χ4n) is 1.06. The zero-order valence-electron chi connectivity index (χ0n) is 8.91. The van der Waals surface area contributed by atoms with Crippen LogP contribution in [-0.2, 0) is 4.79 Å². The van der Waals surface area contributed by atoms with Crippen LogP contribution < -0.4 is 4.74 Å². The van der Waals surface area contributed by atoms with Crippen molar-refractivity contribution in [1.82, 2.24) is 0 Å². The molecule has 0 bridgehead atoms. The van der Waals surface area contributed by atoms with E-state index in [1.165, 1.54) is 0 Å². The van der Waals surface area contributed by atoms with Gasteiger partial charge < -0.3 is 4.74 Å². The maximum absolute atomic E-state index is 11.4. The number of ether oxygens (including phenoxy) is 1.